The van der Waals surface area contributed by atoms with Crippen molar-refractivity contribution in [2.45, 2.75) is 0 Å². The number of carbonyl (C=O) groups is 1. The number of nitrogens with zero attached hydrogens (tertiary/aromatic N) is 1. The second-order valence-corrected chi connectivity index (χ2v) is 8.37. The lowest BCUT2D eigenvalue weighted by Gasteiger charge is -2.19. The van der Waals surface area contributed by atoms with Gasteiger partial charge in [0.1, 0.15) is 13.2 Å². The van der Waals surface area contributed by atoms with Gasteiger partial charge in [-0.1, -0.05) is 18.2 Å². The molecule has 0 radical (unpaired) electrons. The van der Waals surface area contributed by atoms with Crippen molar-refractivity contribution in [2.24, 2.45) is 0 Å². The SMILES string of the molecule is CN(CCNC(=O)c1cccc(-c2ccc3c(c2)OCCO3)c1)S(C)(=O)=O. The molecule has 0 spiro atoms. The molecule has 1 N–H and O–H groups in total. The summed E-state index contributed by atoms with van der Waals surface area (Å²) in [7, 11) is -1.78. The van der Waals surface area contributed by atoms with Gasteiger partial charge in [-0.25, -0.2) is 12.7 Å². The standard InChI is InChI=1S/C19H22N2O5S/c1-21(27(2,23)24)9-8-20-19(22)16-5-3-4-14(12-16)15-6-7-17-18(13-15)26-11-10-25-17/h3-7,12-13H,8-11H2,1-2H3,(H,20,22). The fraction of sp³-hybridized carbons (Fsp3) is 0.316. The number of nitrogens with one attached hydrogen (secondary N) is 1. The van der Waals surface area contributed by atoms with Crippen LogP contribution in [0.3, 0.4) is 0 Å². The zero-order valence-corrected chi connectivity index (χ0v) is 16.1. The molecule has 0 atom stereocenters. The van der Waals surface area contributed by atoms with Crippen LogP contribution in [-0.2, 0) is 10.0 Å². The number of carbonyl (C=O) groups excluding carboxylic acids is 1. The van der Waals surface area contributed by atoms with Crippen molar-refractivity contribution in [3.05, 3.63) is 48.0 Å². The molecule has 1 aliphatic heterocycles. The van der Waals surface area contributed by atoms with E-state index in [1.165, 1.54) is 11.4 Å². The van der Waals surface area contributed by atoms with Crippen molar-refractivity contribution in [3.8, 4) is 22.6 Å². The monoisotopic (exact) mass is 390 g/mol. The Balaban J connectivity index is 1.69. The van der Waals surface area contributed by atoms with Gasteiger partial charge in [-0.2, -0.15) is 0 Å². The normalized spacial score (nSPS) is 13.4. The van der Waals surface area contributed by atoms with E-state index in [9.17, 15) is 13.2 Å². The largest absolute Gasteiger partial charge is 0.486 e. The Morgan fingerprint density at radius 1 is 1.07 bits per heavy atom. The summed E-state index contributed by atoms with van der Waals surface area (Å²) in [5.41, 5.74) is 2.31. The minimum Gasteiger partial charge on any atom is -0.486 e. The van der Waals surface area contributed by atoms with Crippen LogP contribution in [0.25, 0.3) is 11.1 Å². The van der Waals surface area contributed by atoms with Gasteiger partial charge < -0.3 is 14.8 Å². The fourth-order valence-electron chi connectivity index (χ4n) is 2.66. The Kier molecular flexibility index (Phi) is 5.67. The van der Waals surface area contributed by atoms with Crippen molar-refractivity contribution in [3.63, 3.8) is 0 Å². The first-order valence-corrected chi connectivity index (χ1v) is 10.4. The molecule has 0 fully saturated rings. The van der Waals surface area contributed by atoms with Crippen LogP contribution in [0.4, 0.5) is 0 Å². The van der Waals surface area contributed by atoms with Crippen LogP contribution in [0, 0.1) is 0 Å². The zero-order valence-electron chi connectivity index (χ0n) is 15.3. The molecule has 1 heterocycles. The molecule has 0 aliphatic carbocycles. The predicted octanol–water partition coefficient (Wildman–Crippen LogP) is 1.75. The van der Waals surface area contributed by atoms with Gasteiger partial charge in [0.25, 0.3) is 5.91 Å². The van der Waals surface area contributed by atoms with Gasteiger partial charge in [0.15, 0.2) is 11.5 Å². The Morgan fingerprint density at radius 3 is 2.52 bits per heavy atom. The number of likely N-dealkylation sites (N-methyl/N-ethyl adjacent to an activating group) is 1. The molecule has 0 bridgehead atoms. The van der Waals surface area contributed by atoms with Crippen LogP contribution < -0.4 is 14.8 Å². The first-order valence-electron chi connectivity index (χ1n) is 8.54. The average molecular weight is 390 g/mol. The quantitative estimate of drug-likeness (QED) is 0.812. The van der Waals surface area contributed by atoms with Crippen LogP contribution in [0.2, 0.25) is 0 Å². The third-order valence-electron chi connectivity index (χ3n) is 4.28. The maximum atomic E-state index is 12.4. The lowest BCUT2D eigenvalue weighted by molar-refractivity contribution is 0.0952. The molecule has 1 aliphatic rings. The number of hydrogen-bond acceptors (Lipinski definition) is 5. The van der Waals surface area contributed by atoms with Gasteiger partial charge in [0.2, 0.25) is 10.0 Å². The van der Waals surface area contributed by atoms with E-state index in [4.69, 9.17) is 9.47 Å². The molecule has 0 saturated carbocycles. The van der Waals surface area contributed by atoms with Crippen molar-refractivity contribution in [1.82, 2.24) is 9.62 Å². The topological polar surface area (TPSA) is 84.9 Å². The number of hydrogen-bond donors (Lipinski definition) is 1. The summed E-state index contributed by atoms with van der Waals surface area (Å²) < 4.78 is 35.1. The summed E-state index contributed by atoms with van der Waals surface area (Å²) in [4.78, 5) is 12.4. The molecule has 2 aromatic rings. The van der Waals surface area contributed by atoms with Crippen LogP contribution >= 0.6 is 0 Å². The molecule has 8 heteroatoms. The van der Waals surface area contributed by atoms with Crippen LogP contribution in [0.5, 0.6) is 11.5 Å². The van der Waals surface area contributed by atoms with Crippen molar-refractivity contribution in [2.75, 3.05) is 39.6 Å². The summed E-state index contributed by atoms with van der Waals surface area (Å²) in [5, 5.41) is 2.74. The maximum Gasteiger partial charge on any atom is 0.251 e. The van der Waals surface area contributed by atoms with E-state index in [2.05, 4.69) is 5.32 Å². The van der Waals surface area contributed by atoms with Gasteiger partial charge in [-0.15, -0.1) is 0 Å². The summed E-state index contributed by atoms with van der Waals surface area (Å²) in [6, 6.07) is 12.9. The number of ether oxygens (including phenoxy) is 2. The minimum absolute atomic E-state index is 0.215. The van der Waals surface area contributed by atoms with Gasteiger partial charge in [0.05, 0.1) is 6.26 Å². The van der Waals surface area contributed by atoms with E-state index in [-0.39, 0.29) is 19.0 Å². The maximum absolute atomic E-state index is 12.4. The van der Waals surface area contributed by atoms with E-state index in [1.54, 1.807) is 12.1 Å². The van der Waals surface area contributed by atoms with E-state index in [1.807, 2.05) is 30.3 Å². The van der Waals surface area contributed by atoms with Crippen LogP contribution in [0.1, 0.15) is 10.4 Å². The Labute approximate surface area is 158 Å². The number of amides is 1. The number of benzene rings is 2. The fourth-order valence-corrected chi connectivity index (χ4v) is 3.08. The highest BCUT2D eigenvalue weighted by Gasteiger charge is 2.14. The minimum atomic E-state index is -3.26. The van der Waals surface area contributed by atoms with Gasteiger partial charge in [-0.05, 0) is 35.4 Å². The van der Waals surface area contributed by atoms with Gasteiger partial charge in [0, 0.05) is 25.7 Å². The second-order valence-electron chi connectivity index (χ2n) is 6.28. The van der Waals surface area contributed by atoms with E-state index in [0.717, 1.165) is 17.4 Å². The molecule has 0 aromatic heterocycles. The van der Waals surface area contributed by atoms with Crippen molar-refractivity contribution in [1.29, 1.82) is 0 Å². The van der Waals surface area contributed by atoms with E-state index in [0.29, 0.717) is 30.3 Å². The first-order chi connectivity index (χ1) is 12.8. The molecule has 2 aromatic carbocycles. The third kappa shape index (κ3) is 4.78. The highest BCUT2D eigenvalue weighted by Crippen LogP contribution is 2.34. The molecule has 1 amide bonds. The molecule has 7 nitrogen and oxygen atoms in total. The predicted molar refractivity (Wildman–Crippen MR) is 103 cm³/mol. The van der Waals surface area contributed by atoms with Gasteiger partial charge in [-0.3, -0.25) is 4.79 Å². The zero-order chi connectivity index (χ0) is 19.4. The molecule has 0 saturated heterocycles. The number of fused-ring (bicyclic) bond motifs is 1. The molecule has 144 valence electrons. The summed E-state index contributed by atoms with van der Waals surface area (Å²) in [6.07, 6.45) is 1.13. The smallest absolute Gasteiger partial charge is 0.251 e. The second kappa shape index (κ2) is 7.98. The first kappa shape index (κ1) is 19.2. The highest BCUT2D eigenvalue weighted by atomic mass is 32.2. The lowest BCUT2D eigenvalue weighted by Crippen LogP contribution is -2.35. The highest BCUT2D eigenvalue weighted by molar-refractivity contribution is 7.88. The Hall–Kier alpha value is -2.58. The summed E-state index contributed by atoms with van der Waals surface area (Å²) >= 11 is 0. The van der Waals surface area contributed by atoms with Crippen molar-refractivity contribution < 1.29 is 22.7 Å². The summed E-state index contributed by atoms with van der Waals surface area (Å²) in [5.74, 6) is 1.16. The van der Waals surface area contributed by atoms with Crippen LogP contribution in [0.15, 0.2) is 42.5 Å². The van der Waals surface area contributed by atoms with E-state index >= 15 is 0 Å². The molecule has 0 unspecified atom stereocenters. The number of rotatable bonds is 6. The van der Waals surface area contributed by atoms with Crippen LogP contribution in [-0.4, -0.2) is 58.2 Å². The molecule has 3 rings (SSSR count). The summed E-state index contributed by atoms with van der Waals surface area (Å²) in [6.45, 7) is 1.50. The Morgan fingerprint density at radius 2 is 1.78 bits per heavy atom. The molecular formula is C19H22N2O5S. The van der Waals surface area contributed by atoms with E-state index < -0.39 is 10.0 Å². The average Bonchev–Trinajstić information content (AvgIpc) is 2.66. The molecular weight excluding hydrogens is 368 g/mol. The molecule has 27 heavy (non-hydrogen) atoms. The van der Waals surface area contributed by atoms with Gasteiger partial charge >= 0.3 is 0 Å². The Bertz CT molecular complexity index is 943. The van der Waals surface area contributed by atoms with Crippen molar-refractivity contribution >= 4 is 15.9 Å². The third-order valence-corrected chi connectivity index (χ3v) is 5.59. The number of sulfonamides is 1. The lowest BCUT2D eigenvalue weighted by atomic mass is 10.0.